The Labute approximate surface area is 360 Å². The van der Waals surface area contributed by atoms with Crippen LogP contribution in [0.5, 0.6) is 0 Å². The minimum absolute atomic E-state index is 0.181. The molecule has 3 nitrogen and oxygen atoms in total. The minimum atomic E-state index is -0.181. The number of pyridine rings is 1. The maximum Gasteiger partial charge on any atom is 0.0788 e. The highest BCUT2D eigenvalue weighted by molar-refractivity contribution is 6.18. The molecule has 0 saturated heterocycles. The molecule has 0 spiro atoms. The minimum Gasteiger partial charge on any atom is -0.309 e. The van der Waals surface area contributed by atoms with E-state index in [-0.39, 0.29) is 5.41 Å². The van der Waals surface area contributed by atoms with Crippen LogP contribution in [-0.4, -0.2) is 14.1 Å². The highest BCUT2D eigenvalue weighted by Crippen LogP contribution is 2.52. The molecule has 8 aromatic carbocycles. The van der Waals surface area contributed by atoms with E-state index in [0.29, 0.717) is 0 Å². The van der Waals surface area contributed by atoms with Crippen molar-refractivity contribution in [2.75, 3.05) is 0 Å². The molecule has 1 aliphatic rings. The first kappa shape index (κ1) is 36.1. The molecule has 0 saturated carbocycles. The molecule has 0 radical (unpaired) electrons. The Morgan fingerprint density at radius 1 is 0.500 bits per heavy atom. The van der Waals surface area contributed by atoms with Crippen molar-refractivity contribution in [3.05, 3.63) is 217 Å². The third-order valence-corrected chi connectivity index (χ3v) is 13.4. The molecule has 3 heteroatoms. The highest BCUT2D eigenvalue weighted by atomic mass is 15.0. The molecule has 0 fully saturated rings. The predicted molar refractivity (Wildman–Crippen MR) is 264 cm³/mol. The smallest absolute Gasteiger partial charge is 0.0788 e. The molecular weight excluding hydrogens is 751 g/mol. The summed E-state index contributed by atoms with van der Waals surface area (Å²) in [6.45, 7) is 11.0. The van der Waals surface area contributed by atoms with Crippen molar-refractivity contribution in [2.24, 2.45) is 0 Å². The third-order valence-electron chi connectivity index (χ3n) is 13.4. The van der Waals surface area contributed by atoms with E-state index in [0.717, 1.165) is 50.0 Å². The molecule has 1 aliphatic carbocycles. The van der Waals surface area contributed by atoms with Gasteiger partial charge >= 0.3 is 0 Å². The fourth-order valence-electron chi connectivity index (χ4n) is 10.7. The fraction of sp³-hybridized carbons (Fsp3) is 0.0678. The number of hydrogen-bond acceptors (Lipinski definition) is 1. The zero-order valence-electron chi connectivity index (χ0n) is 35.0. The lowest BCUT2D eigenvalue weighted by Crippen LogP contribution is -2.16. The van der Waals surface area contributed by atoms with Crippen LogP contribution in [0.25, 0.3) is 105 Å². The van der Waals surface area contributed by atoms with Gasteiger partial charge in [0.1, 0.15) is 0 Å². The number of hydrogen-bond donors (Lipinski definition) is 0. The summed E-state index contributed by atoms with van der Waals surface area (Å²) in [7, 11) is 0. The monoisotopic (exact) mass is 793 g/mol. The molecule has 11 aromatic rings. The Morgan fingerprint density at radius 2 is 1.02 bits per heavy atom. The van der Waals surface area contributed by atoms with E-state index in [1.165, 1.54) is 71.3 Å². The zero-order valence-corrected chi connectivity index (χ0v) is 35.0. The van der Waals surface area contributed by atoms with Crippen LogP contribution in [0.2, 0.25) is 0 Å². The predicted octanol–water partition coefficient (Wildman–Crippen LogP) is 15.7. The van der Waals surface area contributed by atoms with Gasteiger partial charge in [0, 0.05) is 60.1 Å². The number of rotatable bonds is 6. The molecule has 0 amide bonds. The van der Waals surface area contributed by atoms with Crippen LogP contribution in [0.1, 0.15) is 31.9 Å². The van der Waals surface area contributed by atoms with Gasteiger partial charge in [-0.25, -0.2) is 4.98 Å². The SMILES string of the molecule is C=CC1=C(/C=C\C)c2c(ccc3c(-c4cccc(-c5cc(-n6c7ccccc7c7ccccc76)cc(-n6c7ccccc7c7ccccc76)c5)c4)nc4ccccc4c23)C1(C)C. The van der Waals surface area contributed by atoms with Crippen molar-refractivity contribution >= 4 is 70.9 Å². The standard InChI is InChI=1S/C59H43N3/c1-5-18-46-49(6-2)59(3,4)50-32-31-48-56(57(46)50)47-25-7-12-26-51(47)60-58(48)38-20-17-19-37(33-38)39-34-40(61-52-27-13-8-21-42(52)43-22-9-14-28-53(43)61)36-41(35-39)62-54-29-15-10-23-44(54)45-24-11-16-30-55(45)62/h5-36H,2H2,1,3-4H3/b18-5-. The summed E-state index contributed by atoms with van der Waals surface area (Å²) < 4.78 is 4.87. The molecule has 62 heavy (non-hydrogen) atoms. The number of benzene rings is 8. The van der Waals surface area contributed by atoms with Gasteiger partial charge < -0.3 is 9.13 Å². The highest BCUT2D eigenvalue weighted by Gasteiger charge is 2.37. The van der Waals surface area contributed by atoms with Gasteiger partial charge in [-0.05, 0) is 94.9 Å². The number of allylic oxidation sites excluding steroid dienone is 5. The molecule has 0 aliphatic heterocycles. The van der Waals surface area contributed by atoms with Gasteiger partial charge in [-0.15, -0.1) is 0 Å². The second kappa shape index (κ2) is 13.6. The molecule has 3 heterocycles. The van der Waals surface area contributed by atoms with Crippen LogP contribution >= 0.6 is 0 Å². The molecule has 0 unspecified atom stereocenters. The summed E-state index contributed by atoms with van der Waals surface area (Å²) in [6, 6.07) is 64.4. The lowest BCUT2D eigenvalue weighted by atomic mass is 9.80. The van der Waals surface area contributed by atoms with Gasteiger partial charge in [-0.3, -0.25) is 0 Å². The molecule has 3 aromatic heterocycles. The van der Waals surface area contributed by atoms with E-state index in [9.17, 15) is 0 Å². The number of para-hydroxylation sites is 5. The van der Waals surface area contributed by atoms with E-state index in [4.69, 9.17) is 4.98 Å². The second-order valence-corrected chi connectivity index (χ2v) is 17.1. The Balaban J connectivity index is 1.13. The molecule has 0 bridgehead atoms. The Morgan fingerprint density at radius 3 is 1.56 bits per heavy atom. The summed E-state index contributed by atoms with van der Waals surface area (Å²) in [5.41, 5.74) is 17.2. The van der Waals surface area contributed by atoms with Gasteiger partial charge in [-0.1, -0.05) is 160 Å². The van der Waals surface area contributed by atoms with E-state index in [2.05, 4.69) is 231 Å². The summed E-state index contributed by atoms with van der Waals surface area (Å²) >= 11 is 0. The van der Waals surface area contributed by atoms with Gasteiger partial charge in [-0.2, -0.15) is 0 Å². The number of fused-ring (bicyclic) bond motifs is 11. The molecular formula is C59H43N3. The van der Waals surface area contributed by atoms with Gasteiger partial charge in [0.05, 0.1) is 33.3 Å². The molecule has 12 rings (SSSR count). The van der Waals surface area contributed by atoms with Crippen molar-refractivity contribution < 1.29 is 0 Å². The quantitative estimate of drug-likeness (QED) is 0.154. The van der Waals surface area contributed by atoms with Crippen molar-refractivity contribution in [2.45, 2.75) is 26.2 Å². The van der Waals surface area contributed by atoms with Crippen LogP contribution < -0.4 is 0 Å². The van der Waals surface area contributed by atoms with Crippen LogP contribution in [0.15, 0.2) is 206 Å². The first-order valence-electron chi connectivity index (χ1n) is 21.5. The lowest BCUT2D eigenvalue weighted by molar-refractivity contribution is 0.655. The normalized spacial score (nSPS) is 13.8. The summed E-state index contributed by atoms with van der Waals surface area (Å²) in [6.07, 6.45) is 6.46. The summed E-state index contributed by atoms with van der Waals surface area (Å²) in [4.78, 5) is 5.47. The summed E-state index contributed by atoms with van der Waals surface area (Å²) in [5, 5.41) is 8.52. The van der Waals surface area contributed by atoms with Gasteiger partial charge in [0.25, 0.3) is 0 Å². The van der Waals surface area contributed by atoms with E-state index < -0.39 is 0 Å². The first-order chi connectivity index (χ1) is 30.4. The van der Waals surface area contributed by atoms with Crippen LogP contribution in [0, 0.1) is 0 Å². The zero-order chi connectivity index (χ0) is 41.7. The topological polar surface area (TPSA) is 22.8 Å². The van der Waals surface area contributed by atoms with Crippen molar-refractivity contribution in [1.82, 2.24) is 14.1 Å². The van der Waals surface area contributed by atoms with Gasteiger partial charge in [0.15, 0.2) is 0 Å². The Bertz CT molecular complexity index is 3510. The second-order valence-electron chi connectivity index (χ2n) is 17.1. The fourth-order valence-corrected chi connectivity index (χ4v) is 10.7. The first-order valence-corrected chi connectivity index (χ1v) is 21.5. The Hall–Kier alpha value is -7.75. The Kier molecular flexibility index (Phi) is 7.95. The van der Waals surface area contributed by atoms with E-state index in [1.54, 1.807) is 0 Å². The largest absolute Gasteiger partial charge is 0.309 e. The molecule has 294 valence electrons. The van der Waals surface area contributed by atoms with E-state index >= 15 is 0 Å². The average Bonchev–Trinajstić information content (AvgIpc) is 3.91. The van der Waals surface area contributed by atoms with Crippen molar-refractivity contribution in [3.8, 4) is 33.8 Å². The number of aromatic nitrogens is 3. The van der Waals surface area contributed by atoms with Crippen molar-refractivity contribution in [1.29, 1.82) is 0 Å². The molecule has 0 N–H and O–H groups in total. The lowest BCUT2D eigenvalue weighted by Gasteiger charge is -2.23. The van der Waals surface area contributed by atoms with Gasteiger partial charge in [0.2, 0.25) is 0 Å². The summed E-state index contributed by atoms with van der Waals surface area (Å²) in [5.74, 6) is 0. The van der Waals surface area contributed by atoms with E-state index in [1.807, 2.05) is 0 Å². The number of nitrogens with zero attached hydrogens (tertiary/aromatic N) is 3. The third kappa shape index (κ3) is 5.15. The maximum absolute atomic E-state index is 5.47. The molecule has 0 atom stereocenters. The maximum atomic E-state index is 5.47. The average molecular weight is 794 g/mol. The van der Waals surface area contributed by atoms with Crippen molar-refractivity contribution in [3.63, 3.8) is 0 Å². The van der Waals surface area contributed by atoms with Crippen LogP contribution in [0.3, 0.4) is 0 Å². The van der Waals surface area contributed by atoms with Crippen LogP contribution in [-0.2, 0) is 5.41 Å². The van der Waals surface area contributed by atoms with Crippen LogP contribution in [0.4, 0.5) is 0 Å².